The molecule has 4 N–H and O–H groups in total. The van der Waals surface area contributed by atoms with Gasteiger partial charge in [0.05, 0.1) is 6.04 Å². The first kappa shape index (κ1) is 27.2. The fourth-order valence-corrected chi connectivity index (χ4v) is 4.32. The number of carboxylic acid groups (broad SMARTS) is 1. The van der Waals surface area contributed by atoms with Crippen LogP contribution in [0.2, 0.25) is 0 Å². The average Bonchev–Trinajstić information content (AvgIpc) is 3.49. The van der Waals surface area contributed by atoms with Crippen LogP contribution in [0.1, 0.15) is 42.4 Å². The first-order valence-corrected chi connectivity index (χ1v) is 11.9. The number of carboxylic acids is 1. The molecule has 2 aliphatic rings. The minimum Gasteiger partial charge on any atom is -0.475 e. The van der Waals surface area contributed by atoms with E-state index in [4.69, 9.17) is 9.90 Å². The summed E-state index contributed by atoms with van der Waals surface area (Å²) in [6.45, 7) is 0.632. The topological polar surface area (TPSA) is 108 Å². The van der Waals surface area contributed by atoms with Gasteiger partial charge in [-0.25, -0.2) is 4.79 Å². The summed E-state index contributed by atoms with van der Waals surface area (Å²) in [4.78, 5) is 33.7. The van der Waals surface area contributed by atoms with E-state index in [1.807, 2.05) is 24.3 Å². The SMILES string of the molecule is O=C(CCCc1ccccc1)N[C@@H]1CN[C@H](C(=O)Nc2ccc3c(c2)CCC3)C1.O=C(O)C(F)(F)F. The number of amides is 2. The zero-order valence-electron chi connectivity index (χ0n) is 19.7. The summed E-state index contributed by atoms with van der Waals surface area (Å²) in [7, 11) is 0. The van der Waals surface area contributed by atoms with E-state index in [1.54, 1.807) is 0 Å². The molecule has 1 heterocycles. The maximum absolute atomic E-state index is 12.6. The molecule has 0 spiro atoms. The van der Waals surface area contributed by atoms with Crippen molar-refractivity contribution in [3.63, 3.8) is 0 Å². The third-order valence-electron chi connectivity index (χ3n) is 6.13. The Morgan fingerprint density at radius 3 is 2.42 bits per heavy atom. The maximum Gasteiger partial charge on any atom is 0.490 e. The second kappa shape index (κ2) is 12.5. The summed E-state index contributed by atoms with van der Waals surface area (Å²) in [5.41, 5.74) is 4.87. The quantitative estimate of drug-likeness (QED) is 0.460. The van der Waals surface area contributed by atoms with Gasteiger partial charge in [-0.15, -0.1) is 0 Å². The van der Waals surface area contributed by atoms with Crippen LogP contribution in [-0.2, 0) is 33.6 Å². The number of benzene rings is 2. The molecule has 10 heteroatoms. The summed E-state index contributed by atoms with van der Waals surface area (Å²) >= 11 is 0. The van der Waals surface area contributed by atoms with Gasteiger partial charge in [0.25, 0.3) is 0 Å². The van der Waals surface area contributed by atoms with Crippen LogP contribution < -0.4 is 16.0 Å². The highest BCUT2D eigenvalue weighted by molar-refractivity contribution is 5.95. The van der Waals surface area contributed by atoms with Gasteiger partial charge < -0.3 is 21.1 Å². The Hall–Kier alpha value is -3.40. The van der Waals surface area contributed by atoms with E-state index in [9.17, 15) is 22.8 Å². The van der Waals surface area contributed by atoms with E-state index in [0.717, 1.165) is 31.4 Å². The van der Waals surface area contributed by atoms with Crippen LogP contribution >= 0.6 is 0 Å². The normalized spacial score (nSPS) is 18.5. The van der Waals surface area contributed by atoms with Crippen LogP contribution in [0.3, 0.4) is 0 Å². The van der Waals surface area contributed by atoms with Gasteiger partial charge in [0, 0.05) is 24.7 Å². The summed E-state index contributed by atoms with van der Waals surface area (Å²) in [5, 5.41) is 16.5. The van der Waals surface area contributed by atoms with Crippen LogP contribution in [0.15, 0.2) is 48.5 Å². The van der Waals surface area contributed by atoms with E-state index in [0.29, 0.717) is 19.4 Å². The molecule has 1 aliphatic carbocycles. The van der Waals surface area contributed by atoms with Crippen molar-refractivity contribution in [1.29, 1.82) is 0 Å². The van der Waals surface area contributed by atoms with Crippen LogP contribution in [-0.4, -0.2) is 47.7 Å². The molecule has 0 bridgehead atoms. The molecule has 0 radical (unpaired) electrons. The number of carbonyl (C=O) groups excluding carboxylic acids is 2. The summed E-state index contributed by atoms with van der Waals surface area (Å²) in [6.07, 6.45) is 1.23. The Morgan fingerprint density at radius 1 is 1.03 bits per heavy atom. The predicted molar refractivity (Wildman–Crippen MR) is 129 cm³/mol. The van der Waals surface area contributed by atoms with Gasteiger partial charge in [-0.1, -0.05) is 36.4 Å². The Morgan fingerprint density at radius 2 is 1.72 bits per heavy atom. The Balaban J connectivity index is 0.000000454. The van der Waals surface area contributed by atoms with Crippen LogP contribution in [0.4, 0.5) is 18.9 Å². The minimum atomic E-state index is -5.08. The molecule has 194 valence electrons. The van der Waals surface area contributed by atoms with Crippen molar-refractivity contribution in [2.45, 2.75) is 63.2 Å². The summed E-state index contributed by atoms with van der Waals surface area (Å²) < 4.78 is 31.7. The lowest BCUT2D eigenvalue weighted by atomic mass is 10.1. The van der Waals surface area contributed by atoms with Crippen LogP contribution in [0, 0.1) is 0 Å². The molecule has 2 atom stereocenters. The molecule has 0 unspecified atom stereocenters. The number of hydrogen-bond donors (Lipinski definition) is 4. The molecule has 0 saturated carbocycles. The number of fused-ring (bicyclic) bond motifs is 1. The summed E-state index contributed by atoms with van der Waals surface area (Å²) in [6, 6.07) is 16.2. The number of nitrogens with one attached hydrogen (secondary N) is 3. The number of halogens is 3. The monoisotopic (exact) mass is 505 g/mol. The van der Waals surface area contributed by atoms with Crippen molar-refractivity contribution in [3.05, 3.63) is 65.2 Å². The second-order valence-corrected chi connectivity index (χ2v) is 8.93. The smallest absolute Gasteiger partial charge is 0.475 e. The first-order chi connectivity index (χ1) is 17.1. The molecule has 7 nitrogen and oxygen atoms in total. The van der Waals surface area contributed by atoms with Gasteiger partial charge in [-0.05, 0) is 67.3 Å². The molecule has 1 fully saturated rings. The van der Waals surface area contributed by atoms with E-state index in [2.05, 4.69) is 40.2 Å². The van der Waals surface area contributed by atoms with Gasteiger partial charge in [0.2, 0.25) is 11.8 Å². The molecule has 1 saturated heterocycles. The number of alkyl halides is 3. The van der Waals surface area contributed by atoms with Crippen molar-refractivity contribution in [2.24, 2.45) is 0 Å². The lowest BCUT2D eigenvalue weighted by Crippen LogP contribution is -2.36. The van der Waals surface area contributed by atoms with Gasteiger partial charge >= 0.3 is 12.1 Å². The second-order valence-electron chi connectivity index (χ2n) is 8.93. The van der Waals surface area contributed by atoms with Crippen molar-refractivity contribution in [2.75, 3.05) is 11.9 Å². The lowest BCUT2D eigenvalue weighted by molar-refractivity contribution is -0.192. The summed E-state index contributed by atoms with van der Waals surface area (Å²) in [5.74, 6) is -2.72. The van der Waals surface area contributed by atoms with Crippen molar-refractivity contribution in [1.82, 2.24) is 10.6 Å². The fraction of sp³-hybridized carbons (Fsp3) is 0.423. The predicted octanol–water partition coefficient (Wildman–Crippen LogP) is 3.62. The standard InChI is InChI=1S/C24H29N3O2.C2HF3O2/c28-23(11-4-8-17-6-2-1-3-7-17)26-21-15-22(25-16-21)24(29)27-20-13-12-18-9-5-10-19(18)14-20;3-2(4,5)1(6)7/h1-3,6-7,12-14,21-22,25H,4-5,8-11,15-16H2,(H,26,28)(H,27,29);(H,6,7)/t21-,22-;/m0./s1. The average molecular weight is 506 g/mol. The Kier molecular flexibility index (Phi) is 9.46. The molecule has 1 aliphatic heterocycles. The highest BCUT2D eigenvalue weighted by Gasteiger charge is 2.38. The molecule has 4 rings (SSSR count). The highest BCUT2D eigenvalue weighted by Crippen LogP contribution is 2.25. The molecular formula is C26H30F3N3O4. The van der Waals surface area contributed by atoms with Gasteiger partial charge in [0.15, 0.2) is 0 Å². The van der Waals surface area contributed by atoms with Crippen LogP contribution in [0.5, 0.6) is 0 Å². The molecular weight excluding hydrogens is 475 g/mol. The molecule has 2 aromatic rings. The number of hydrogen-bond acceptors (Lipinski definition) is 4. The number of anilines is 1. The number of rotatable bonds is 7. The minimum absolute atomic E-state index is 0.00926. The third-order valence-corrected chi connectivity index (χ3v) is 6.13. The fourth-order valence-electron chi connectivity index (χ4n) is 4.32. The van der Waals surface area contributed by atoms with E-state index in [-0.39, 0.29) is 23.9 Å². The van der Waals surface area contributed by atoms with Crippen molar-refractivity contribution in [3.8, 4) is 0 Å². The number of aliphatic carboxylic acids is 1. The lowest BCUT2D eigenvalue weighted by Gasteiger charge is -2.13. The molecule has 0 aromatic heterocycles. The Bertz CT molecular complexity index is 1060. The maximum atomic E-state index is 12.6. The number of aryl methyl sites for hydroxylation is 3. The van der Waals surface area contributed by atoms with Gasteiger partial charge in [-0.3, -0.25) is 9.59 Å². The van der Waals surface area contributed by atoms with E-state index in [1.165, 1.54) is 23.1 Å². The largest absolute Gasteiger partial charge is 0.490 e. The van der Waals surface area contributed by atoms with Crippen molar-refractivity contribution >= 4 is 23.5 Å². The van der Waals surface area contributed by atoms with Crippen molar-refractivity contribution < 1.29 is 32.7 Å². The highest BCUT2D eigenvalue weighted by atomic mass is 19.4. The molecule has 2 amide bonds. The van der Waals surface area contributed by atoms with Gasteiger partial charge in [-0.2, -0.15) is 13.2 Å². The first-order valence-electron chi connectivity index (χ1n) is 11.9. The van der Waals surface area contributed by atoms with E-state index < -0.39 is 12.1 Å². The number of carbonyl (C=O) groups is 3. The van der Waals surface area contributed by atoms with E-state index >= 15 is 0 Å². The third kappa shape index (κ3) is 8.37. The molecule has 2 aromatic carbocycles. The zero-order chi connectivity index (χ0) is 26.1. The zero-order valence-corrected chi connectivity index (χ0v) is 19.7. The van der Waals surface area contributed by atoms with Gasteiger partial charge in [0.1, 0.15) is 0 Å². The Labute approximate surface area is 207 Å². The molecule has 36 heavy (non-hydrogen) atoms. The van der Waals surface area contributed by atoms with Crippen LogP contribution in [0.25, 0.3) is 0 Å².